The summed E-state index contributed by atoms with van der Waals surface area (Å²) < 4.78 is 2.02. The van der Waals surface area contributed by atoms with E-state index < -0.39 is 0 Å². The molecule has 0 aromatic heterocycles. The Morgan fingerprint density at radius 2 is 0.871 bits per heavy atom. The smallest absolute Gasteiger partial charge is 0.246 e. The van der Waals surface area contributed by atoms with Gasteiger partial charge in [0.1, 0.15) is 0 Å². The third kappa shape index (κ3) is 16.7. The fourth-order valence-corrected chi connectivity index (χ4v) is 3.55. The lowest BCUT2D eigenvalue weighted by Gasteiger charge is -2.30. The zero-order valence-electron chi connectivity index (χ0n) is 21.3. The molecule has 0 rings (SSSR count). The van der Waals surface area contributed by atoms with E-state index in [1.807, 2.05) is 0 Å². The average Bonchev–Trinajstić information content (AvgIpc) is 2.67. The Morgan fingerprint density at radius 3 is 1.19 bits per heavy atom. The highest BCUT2D eigenvalue weighted by Crippen LogP contribution is 2.10. The zero-order valence-corrected chi connectivity index (χ0v) is 21.3. The van der Waals surface area contributed by atoms with Crippen LogP contribution in [-0.2, 0) is 9.59 Å². The molecule has 0 fully saturated rings. The second-order valence-corrected chi connectivity index (χ2v) is 10.3. The minimum Gasteiger partial charge on any atom is -0.352 e. The second-order valence-electron chi connectivity index (χ2n) is 10.3. The fourth-order valence-electron chi connectivity index (χ4n) is 3.55. The number of nitrogens with one attached hydrogen (secondary N) is 2. The molecule has 0 unspecified atom stereocenters. The van der Waals surface area contributed by atoms with E-state index in [0.29, 0.717) is 11.1 Å². The van der Waals surface area contributed by atoms with Crippen LogP contribution >= 0.6 is 0 Å². The van der Waals surface area contributed by atoms with Crippen molar-refractivity contribution >= 4 is 11.8 Å². The fraction of sp³-hybridized carbons (Fsp3) is 0.760. The van der Waals surface area contributed by atoms with Crippen LogP contribution in [0, 0.1) is 0 Å². The normalized spacial score (nSPS) is 11.8. The van der Waals surface area contributed by atoms with E-state index in [2.05, 4.69) is 52.0 Å². The number of nitrogens with zero attached hydrogens (tertiary/aromatic N) is 2. The molecule has 31 heavy (non-hydrogen) atoms. The molecule has 0 aliphatic carbocycles. The Labute approximate surface area is 191 Å². The molecule has 0 spiro atoms. The minimum atomic E-state index is -0.0401. The molecular weight excluding hydrogens is 388 g/mol. The number of quaternary nitrogens is 2. The van der Waals surface area contributed by atoms with Crippen LogP contribution < -0.4 is 10.6 Å². The van der Waals surface area contributed by atoms with Crippen molar-refractivity contribution in [3.63, 3.8) is 0 Å². The first-order valence-electron chi connectivity index (χ1n) is 11.9. The van der Waals surface area contributed by atoms with Crippen molar-refractivity contribution in [2.75, 3.05) is 67.5 Å². The standard InChI is InChI=1S/C25H48N4O2/c1-22(2)24(30)26-16-14-20-28(5,6)18-12-10-9-11-13-19-29(7,8)21-15-17-27-25(31)23(3)4/h1,3,9-21H2,2,4-8H3/p+2. The van der Waals surface area contributed by atoms with Gasteiger partial charge in [-0.25, -0.2) is 0 Å². The number of carbonyl (C=O) groups is 2. The third-order valence-corrected chi connectivity index (χ3v) is 5.75. The molecule has 0 atom stereocenters. The average molecular weight is 439 g/mol. The van der Waals surface area contributed by atoms with E-state index in [-0.39, 0.29) is 11.8 Å². The lowest BCUT2D eigenvalue weighted by atomic mass is 10.1. The van der Waals surface area contributed by atoms with E-state index in [9.17, 15) is 9.59 Å². The van der Waals surface area contributed by atoms with Gasteiger partial charge >= 0.3 is 0 Å². The summed E-state index contributed by atoms with van der Waals surface area (Å²) >= 11 is 0. The van der Waals surface area contributed by atoms with Gasteiger partial charge < -0.3 is 19.6 Å². The van der Waals surface area contributed by atoms with Crippen LogP contribution in [0.15, 0.2) is 24.3 Å². The van der Waals surface area contributed by atoms with Gasteiger partial charge in [-0.1, -0.05) is 19.6 Å². The summed E-state index contributed by atoms with van der Waals surface area (Å²) in [6.07, 6.45) is 8.37. The van der Waals surface area contributed by atoms with Gasteiger partial charge in [-0.15, -0.1) is 0 Å². The Hall–Kier alpha value is -1.66. The number of rotatable bonds is 18. The summed E-state index contributed by atoms with van der Waals surface area (Å²) in [6, 6.07) is 0. The van der Waals surface area contributed by atoms with E-state index in [1.54, 1.807) is 13.8 Å². The summed E-state index contributed by atoms with van der Waals surface area (Å²) in [6.45, 7) is 16.8. The van der Waals surface area contributed by atoms with Crippen LogP contribution in [0.3, 0.4) is 0 Å². The Bertz CT molecular complexity index is 532. The molecule has 0 saturated carbocycles. The molecule has 0 aliphatic rings. The van der Waals surface area contributed by atoms with Crippen molar-refractivity contribution in [2.45, 2.75) is 58.8 Å². The quantitative estimate of drug-likeness (QED) is 0.196. The maximum Gasteiger partial charge on any atom is 0.246 e. The second kappa shape index (κ2) is 15.2. The van der Waals surface area contributed by atoms with Crippen molar-refractivity contribution in [1.29, 1.82) is 0 Å². The SMILES string of the molecule is C=C(C)C(=O)NCCC[N+](C)(C)CCCCCCC[N+](C)(C)CCCNC(=O)C(=C)C. The number of hydrogen-bond acceptors (Lipinski definition) is 2. The summed E-state index contributed by atoms with van der Waals surface area (Å²) in [5.74, 6) is -0.0803. The van der Waals surface area contributed by atoms with Crippen LogP contribution in [-0.4, -0.2) is 88.2 Å². The highest BCUT2D eigenvalue weighted by atomic mass is 16.2. The van der Waals surface area contributed by atoms with Crippen molar-refractivity contribution in [2.24, 2.45) is 0 Å². The highest BCUT2D eigenvalue weighted by molar-refractivity contribution is 5.92. The number of amides is 2. The molecule has 0 aromatic rings. The molecule has 6 nitrogen and oxygen atoms in total. The molecule has 0 heterocycles. The van der Waals surface area contributed by atoms with Crippen molar-refractivity contribution < 1.29 is 18.6 Å². The van der Waals surface area contributed by atoms with E-state index in [0.717, 1.165) is 48.0 Å². The van der Waals surface area contributed by atoms with E-state index in [1.165, 1.54) is 45.2 Å². The van der Waals surface area contributed by atoms with Gasteiger partial charge in [0.2, 0.25) is 11.8 Å². The summed E-state index contributed by atoms with van der Waals surface area (Å²) in [4.78, 5) is 23.0. The minimum absolute atomic E-state index is 0.0401. The van der Waals surface area contributed by atoms with E-state index in [4.69, 9.17) is 0 Å². The molecule has 0 bridgehead atoms. The summed E-state index contributed by atoms with van der Waals surface area (Å²) in [5, 5.41) is 5.82. The Morgan fingerprint density at radius 1 is 0.581 bits per heavy atom. The maximum absolute atomic E-state index is 11.5. The van der Waals surface area contributed by atoms with E-state index >= 15 is 0 Å². The molecule has 0 saturated heterocycles. The number of carbonyl (C=O) groups excluding carboxylic acids is 2. The van der Waals surface area contributed by atoms with Gasteiger partial charge in [-0.2, -0.15) is 0 Å². The molecule has 0 aromatic carbocycles. The Balaban J connectivity index is 3.75. The first kappa shape index (κ1) is 29.3. The topological polar surface area (TPSA) is 58.2 Å². The van der Waals surface area contributed by atoms with Crippen LogP contribution in [0.4, 0.5) is 0 Å². The van der Waals surface area contributed by atoms with Gasteiger partial charge in [-0.05, 0) is 39.5 Å². The van der Waals surface area contributed by atoms with Crippen LogP contribution in [0.5, 0.6) is 0 Å². The van der Waals surface area contributed by atoms with Crippen molar-refractivity contribution in [1.82, 2.24) is 10.6 Å². The van der Waals surface area contributed by atoms with Gasteiger partial charge in [0.25, 0.3) is 0 Å². The molecule has 2 N–H and O–H groups in total. The first-order chi connectivity index (χ1) is 14.4. The predicted molar refractivity (Wildman–Crippen MR) is 132 cm³/mol. The highest BCUT2D eigenvalue weighted by Gasteiger charge is 2.16. The van der Waals surface area contributed by atoms with Gasteiger partial charge in [0.15, 0.2) is 0 Å². The summed E-state index contributed by atoms with van der Waals surface area (Å²) in [7, 11) is 9.11. The molecule has 2 amide bonds. The number of hydrogen-bond donors (Lipinski definition) is 2. The lowest BCUT2D eigenvalue weighted by molar-refractivity contribution is -0.890. The zero-order chi connectivity index (χ0) is 23.9. The molecule has 0 radical (unpaired) electrons. The molecule has 6 heteroatoms. The monoisotopic (exact) mass is 438 g/mol. The first-order valence-corrected chi connectivity index (χ1v) is 11.9. The van der Waals surface area contributed by atoms with Crippen molar-refractivity contribution in [3.05, 3.63) is 24.3 Å². The molecule has 180 valence electrons. The van der Waals surface area contributed by atoms with Gasteiger partial charge in [-0.3, -0.25) is 9.59 Å². The maximum atomic E-state index is 11.5. The van der Waals surface area contributed by atoms with Gasteiger partial charge in [0.05, 0.1) is 54.4 Å². The predicted octanol–water partition coefficient (Wildman–Crippen LogP) is 3.25. The Kier molecular flexibility index (Phi) is 14.4. The third-order valence-electron chi connectivity index (χ3n) is 5.75. The van der Waals surface area contributed by atoms with Crippen LogP contribution in [0.1, 0.15) is 58.8 Å². The van der Waals surface area contributed by atoms with Crippen molar-refractivity contribution in [3.8, 4) is 0 Å². The number of unbranched alkanes of at least 4 members (excludes halogenated alkanes) is 4. The molecular formula is C25H50N4O2+2. The molecule has 0 aliphatic heterocycles. The van der Waals surface area contributed by atoms with Gasteiger partial charge in [0, 0.05) is 37.1 Å². The van der Waals surface area contributed by atoms with Crippen LogP contribution in [0.25, 0.3) is 0 Å². The largest absolute Gasteiger partial charge is 0.352 e. The van der Waals surface area contributed by atoms with Crippen LogP contribution in [0.2, 0.25) is 0 Å². The lowest BCUT2D eigenvalue weighted by Crippen LogP contribution is -2.42. The summed E-state index contributed by atoms with van der Waals surface area (Å²) in [5.41, 5.74) is 1.14.